The van der Waals surface area contributed by atoms with Crippen LogP contribution in [0.1, 0.15) is 37.8 Å². The molecule has 1 aliphatic rings. The third-order valence-corrected chi connectivity index (χ3v) is 5.51. The van der Waals surface area contributed by atoms with E-state index in [0.717, 1.165) is 45.6 Å². The summed E-state index contributed by atoms with van der Waals surface area (Å²) in [7, 11) is 0. The average Bonchev–Trinajstić information content (AvgIpc) is 2.59. The molecule has 1 fully saturated rings. The zero-order valence-corrected chi connectivity index (χ0v) is 14.8. The Bertz CT molecular complexity index is 509. The highest BCUT2D eigenvalue weighted by atomic mass is 16.2. The van der Waals surface area contributed by atoms with E-state index in [4.69, 9.17) is 5.73 Å². The maximum absolute atomic E-state index is 12.9. The lowest BCUT2D eigenvalue weighted by Crippen LogP contribution is -2.54. The molecule has 2 rings (SSSR count). The van der Waals surface area contributed by atoms with Crippen molar-refractivity contribution in [3.05, 3.63) is 35.4 Å². The van der Waals surface area contributed by atoms with Gasteiger partial charge in [0, 0.05) is 39.3 Å². The van der Waals surface area contributed by atoms with E-state index in [2.05, 4.69) is 49.9 Å². The van der Waals surface area contributed by atoms with Crippen molar-refractivity contribution in [3.8, 4) is 0 Å². The highest BCUT2D eigenvalue weighted by Crippen LogP contribution is 2.28. The van der Waals surface area contributed by atoms with Crippen LogP contribution >= 0.6 is 0 Å². The second kappa shape index (κ2) is 7.93. The van der Waals surface area contributed by atoms with Gasteiger partial charge in [0.15, 0.2) is 0 Å². The molecule has 1 saturated heterocycles. The predicted molar refractivity (Wildman–Crippen MR) is 95.1 cm³/mol. The lowest BCUT2D eigenvalue weighted by atomic mass is 9.81. The van der Waals surface area contributed by atoms with Crippen molar-refractivity contribution in [2.24, 2.45) is 11.1 Å². The van der Waals surface area contributed by atoms with Gasteiger partial charge in [-0.1, -0.05) is 38.1 Å². The van der Waals surface area contributed by atoms with Crippen molar-refractivity contribution >= 4 is 5.91 Å². The van der Waals surface area contributed by atoms with Gasteiger partial charge in [0.1, 0.15) is 0 Å². The summed E-state index contributed by atoms with van der Waals surface area (Å²) in [5.74, 6) is 0.251. The van der Waals surface area contributed by atoms with E-state index in [1.807, 2.05) is 4.90 Å². The fourth-order valence-electron chi connectivity index (χ4n) is 3.40. The molecule has 1 aliphatic heterocycles. The van der Waals surface area contributed by atoms with Crippen molar-refractivity contribution in [2.75, 3.05) is 32.7 Å². The van der Waals surface area contributed by atoms with Crippen LogP contribution in [0.4, 0.5) is 0 Å². The zero-order chi connectivity index (χ0) is 16.9. The number of hydrogen-bond acceptors (Lipinski definition) is 3. The van der Waals surface area contributed by atoms with E-state index >= 15 is 0 Å². The van der Waals surface area contributed by atoms with Gasteiger partial charge in [-0.2, -0.15) is 0 Å². The van der Waals surface area contributed by atoms with Crippen molar-refractivity contribution in [2.45, 2.75) is 40.2 Å². The molecule has 128 valence electrons. The van der Waals surface area contributed by atoms with E-state index < -0.39 is 0 Å². The summed E-state index contributed by atoms with van der Waals surface area (Å²) >= 11 is 0. The van der Waals surface area contributed by atoms with E-state index in [9.17, 15) is 4.79 Å². The Morgan fingerprint density at radius 2 is 1.74 bits per heavy atom. The third-order valence-electron chi connectivity index (χ3n) is 5.51. The van der Waals surface area contributed by atoms with Gasteiger partial charge in [-0.25, -0.2) is 0 Å². The van der Waals surface area contributed by atoms with Gasteiger partial charge >= 0.3 is 0 Å². The number of rotatable bonds is 6. The largest absolute Gasteiger partial charge is 0.340 e. The maximum atomic E-state index is 12.9. The van der Waals surface area contributed by atoms with Crippen LogP contribution in [0.15, 0.2) is 24.3 Å². The van der Waals surface area contributed by atoms with Crippen molar-refractivity contribution in [1.82, 2.24) is 9.80 Å². The SMILES string of the molecule is CCC(CC)(CN)C(=O)N1CCN(Cc2ccccc2C)CC1. The summed E-state index contributed by atoms with van der Waals surface area (Å²) in [5, 5.41) is 0. The number of nitrogens with zero attached hydrogens (tertiary/aromatic N) is 2. The molecule has 23 heavy (non-hydrogen) atoms. The maximum Gasteiger partial charge on any atom is 0.230 e. The molecule has 0 aliphatic carbocycles. The minimum absolute atomic E-state index is 0.251. The number of carbonyl (C=O) groups excluding carboxylic acids is 1. The Hall–Kier alpha value is -1.39. The molecule has 1 amide bonds. The first-order valence-corrected chi connectivity index (χ1v) is 8.82. The molecule has 4 heteroatoms. The third kappa shape index (κ3) is 3.93. The molecule has 0 spiro atoms. The van der Waals surface area contributed by atoms with E-state index in [0.29, 0.717) is 6.54 Å². The molecular weight excluding hydrogens is 286 g/mol. The minimum Gasteiger partial charge on any atom is -0.340 e. The number of benzene rings is 1. The molecule has 0 bridgehead atoms. The summed E-state index contributed by atoms with van der Waals surface area (Å²) in [6.45, 7) is 11.2. The number of aryl methyl sites for hydroxylation is 1. The van der Waals surface area contributed by atoms with E-state index in [1.54, 1.807) is 0 Å². The second-order valence-corrected chi connectivity index (χ2v) is 6.69. The Morgan fingerprint density at radius 3 is 2.26 bits per heavy atom. The molecule has 0 radical (unpaired) electrons. The molecule has 0 unspecified atom stereocenters. The predicted octanol–water partition coefficient (Wildman–Crippen LogP) is 2.40. The highest BCUT2D eigenvalue weighted by Gasteiger charge is 2.37. The summed E-state index contributed by atoms with van der Waals surface area (Å²) in [5.41, 5.74) is 8.28. The van der Waals surface area contributed by atoms with Crippen molar-refractivity contribution < 1.29 is 4.79 Å². The number of amides is 1. The Morgan fingerprint density at radius 1 is 1.13 bits per heavy atom. The first-order valence-electron chi connectivity index (χ1n) is 8.82. The first kappa shape index (κ1) is 18.0. The molecule has 2 N–H and O–H groups in total. The summed E-state index contributed by atoms with van der Waals surface area (Å²) < 4.78 is 0. The number of piperazine rings is 1. The zero-order valence-electron chi connectivity index (χ0n) is 14.8. The Balaban J connectivity index is 1.93. The Kier molecular flexibility index (Phi) is 6.19. The number of nitrogens with two attached hydrogens (primary N) is 1. The van der Waals surface area contributed by atoms with E-state index in [1.165, 1.54) is 11.1 Å². The van der Waals surface area contributed by atoms with Gasteiger partial charge in [0.25, 0.3) is 0 Å². The van der Waals surface area contributed by atoms with Crippen LogP contribution < -0.4 is 5.73 Å². The van der Waals surface area contributed by atoms with Crippen LogP contribution in [0.3, 0.4) is 0 Å². The lowest BCUT2D eigenvalue weighted by molar-refractivity contribution is -0.144. The van der Waals surface area contributed by atoms with Gasteiger partial charge in [-0.15, -0.1) is 0 Å². The topological polar surface area (TPSA) is 49.6 Å². The summed E-state index contributed by atoms with van der Waals surface area (Å²) in [6, 6.07) is 8.53. The molecule has 0 atom stereocenters. The van der Waals surface area contributed by atoms with Crippen molar-refractivity contribution in [1.29, 1.82) is 0 Å². The number of hydrogen-bond donors (Lipinski definition) is 1. The highest BCUT2D eigenvalue weighted by molar-refractivity contribution is 5.83. The normalized spacial score (nSPS) is 16.6. The van der Waals surface area contributed by atoms with Crippen LogP contribution in [-0.4, -0.2) is 48.4 Å². The van der Waals surface area contributed by atoms with E-state index in [-0.39, 0.29) is 11.3 Å². The minimum atomic E-state index is -0.363. The molecule has 1 aromatic carbocycles. The van der Waals surface area contributed by atoms with Crippen molar-refractivity contribution in [3.63, 3.8) is 0 Å². The number of carbonyl (C=O) groups is 1. The van der Waals surface area contributed by atoms with Gasteiger partial charge in [0.05, 0.1) is 5.41 Å². The van der Waals surface area contributed by atoms with Crippen LogP contribution in [0, 0.1) is 12.3 Å². The monoisotopic (exact) mass is 317 g/mol. The Labute approximate surface area is 140 Å². The smallest absolute Gasteiger partial charge is 0.230 e. The molecule has 0 aromatic heterocycles. The molecule has 1 aromatic rings. The van der Waals surface area contributed by atoms with Gasteiger partial charge < -0.3 is 10.6 Å². The molecule has 0 saturated carbocycles. The molecule has 1 heterocycles. The van der Waals surface area contributed by atoms with Crippen LogP contribution in [0.2, 0.25) is 0 Å². The fourth-order valence-corrected chi connectivity index (χ4v) is 3.40. The molecule has 4 nitrogen and oxygen atoms in total. The molecular formula is C19H31N3O. The quantitative estimate of drug-likeness (QED) is 0.876. The van der Waals surface area contributed by atoms with Gasteiger partial charge in [-0.3, -0.25) is 9.69 Å². The van der Waals surface area contributed by atoms with Gasteiger partial charge in [-0.05, 0) is 30.9 Å². The summed E-state index contributed by atoms with van der Waals surface area (Å²) in [6.07, 6.45) is 1.64. The average molecular weight is 317 g/mol. The van der Waals surface area contributed by atoms with Crippen LogP contribution in [0.25, 0.3) is 0 Å². The van der Waals surface area contributed by atoms with Crippen LogP contribution in [0.5, 0.6) is 0 Å². The fraction of sp³-hybridized carbons (Fsp3) is 0.632. The lowest BCUT2D eigenvalue weighted by Gasteiger charge is -2.40. The second-order valence-electron chi connectivity index (χ2n) is 6.69. The summed E-state index contributed by atoms with van der Waals surface area (Å²) in [4.78, 5) is 17.3. The van der Waals surface area contributed by atoms with Gasteiger partial charge in [0.2, 0.25) is 5.91 Å². The standard InChI is InChI=1S/C19H31N3O/c1-4-19(5-2,15-20)18(23)22-12-10-21(11-13-22)14-17-9-7-6-8-16(17)3/h6-9H,4-5,10-15,20H2,1-3H3. The van der Waals surface area contributed by atoms with Crippen LogP contribution in [-0.2, 0) is 11.3 Å². The first-order chi connectivity index (χ1) is 11.1.